The molecule has 3 aromatic rings. The van der Waals surface area contributed by atoms with E-state index in [1.807, 2.05) is 38.1 Å². The van der Waals surface area contributed by atoms with Gasteiger partial charge >= 0.3 is 0 Å². The van der Waals surface area contributed by atoms with Gasteiger partial charge in [0.2, 0.25) is 11.8 Å². The molecule has 0 saturated heterocycles. The molecule has 3 aromatic carbocycles. The number of hydrogen-bond acceptors (Lipinski definition) is 5. The second-order valence-electron chi connectivity index (χ2n) is 8.69. The summed E-state index contributed by atoms with van der Waals surface area (Å²) in [5.74, 6) is -0.293. The SMILES string of the molecule is CCOc1ccc(N(CC(=O)N(Cc2ccc(Br)cc2)[C@H](C)C(=O)NC)S(=O)(=O)c2ccc(C)cc2)cc1. The molecule has 1 N–H and O–H groups in total. The van der Waals surface area contributed by atoms with Gasteiger partial charge in [-0.15, -0.1) is 0 Å². The van der Waals surface area contributed by atoms with Crippen LogP contribution in [-0.4, -0.2) is 51.4 Å². The van der Waals surface area contributed by atoms with Crippen LogP contribution in [0.25, 0.3) is 0 Å². The second kappa shape index (κ2) is 12.9. The molecule has 38 heavy (non-hydrogen) atoms. The number of anilines is 1. The van der Waals surface area contributed by atoms with Gasteiger partial charge < -0.3 is 15.0 Å². The van der Waals surface area contributed by atoms with Crippen molar-refractivity contribution in [1.82, 2.24) is 10.2 Å². The molecule has 202 valence electrons. The number of carbonyl (C=O) groups excluding carboxylic acids is 2. The van der Waals surface area contributed by atoms with Crippen molar-refractivity contribution in [3.63, 3.8) is 0 Å². The summed E-state index contributed by atoms with van der Waals surface area (Å²) in [5, 5.41) is 2.57. The molecule has 0 aliphatic carbocycles. The van der Waals surface area contributed by atoms with Crippen LogP contribution in [0.1, 0.15) is 25.0 Å². The van der Waals surface area contributed by atoms with Crippen LogP contribution in [-0.2, 0) is 26.2 Å². The first-order valence-corrected chi connectivity index (χ1v) is 14.4. The summed E-state index contributed by atoms with van der Waals surface area (Å²) in [5.41, 5.74) is 2.01. The number of halogens is 1. The van der Waals surface area contributed by atoms with E-state index in [1.165, 1.54) is 24.1 Å². The molecule has 0 radical (unpaired) electrons. The van der Waals surface area contributed by atoms with Crippen LogP contribution in [0.5, 0.6) is 5.75 Å². The van der Waals surface area contributed by atoms with Crippen LogP contribution in [0.3, 0.4) is 0 Å². The molecule has 0 saturated carbocycles. The number of nitrogens with one attached hydrogen (secondary N) is 1. The smallest absolute Gasteiger partial charge is 0.264 e. The monoisotopic (exact) mass is 601 g/mol. The number of nitrogens with zero attached hydrogens (tertiary/aromatic N) is 2. The van der Waals surface area contributed by atoms with Crippen LogP contribution in [0.2, 0.25) is 0 Å². The molecule has 8 nitrogen and oxygen atoms in total. The molecule has 2 amide bonds. The third-order valence-corrected chi connectivity index (χ3v) is 8.32. The highest BCUT2D eigenvalue weighted by Crippen LogP contribution is 2.27. The predicted octanol–water partition coefficient (Wildman–Crippen LogP) is 4.51. The van der Waals surface area contributed by atoms with E-state index in [4.69, 9.17) is 4.74 Å². The Morgan fingerprint density at radius 3 is 2.13 bits per heavy atom. The van der Waals surface area contributed by atoms with Crippen LogP contribution in [0.4, 0.5) is 5.69 Å². The normalized spacial score (nSPS) is 11.9. The van der Waals surface area contributed by atoms with Crippen molar-refractivity contribution in [3.8, 4) is 5.75 Å². The lowest BCUT2D eigenvalue weighted by Crippen LogP contribution is -2.50. The lowest BCUT2D eigenvalue weighted by Gasteiger charge is -2.31. The molecule has 0 aliphatic heterocycles. The van der Waals surface area contributed by atoms with Gasteiger partial charge in [-0.2, -0.15) is 0 Å². The van der Waals surface area contributed by atoms with Gasteiger partial charge in [0.15, 0.2) is 0 Å². The Morgan fingerprint density at radius 1 is 0.974 bits per heavy atom. The lowest BCUT2D eigenvalue weighted by molar-refractivity contribution is -0.139. The highest BCUT2D eigenvalue weighted by molar-refractivity contribution is 9.10. The lowest BCUT2D eigenvalue weighted by atomic mass is 10.1. The number of rotatable bonds is 11. The molecular formula is C28H32BrN3O5S. The number of amides is 2. The number of ether oxygens (including phenoxy) is 1. The molecule has 0 aliphatic rings. The van der Waals surface area contributed by atoms with E-state index in [2.05, 4.69) is 21.2 Å². The minimum atomic E-state index is -4.12. The Hall–Kier alpha value is -3.37. The first-order chi connectivity index (χ1) is 18.1. The van der Waals surface area contributed by atoms with E-state index in [1.54, 1.807) is 43.3 Å². The molecule has 0 unspecified atom stereocenters. The standard InChI is InChI=1S/C28H32BrN3O5S/c1-5-37-25-14-12-24(13-15-25)32(38(35,36)26-16-6-20(2)7-17-26)19-27(33)31(21(3)28(34)30-4)18-22-8-10-23(29)11-9-22/h6-17,21H,5,18-19H2,1-4H3,(H,30,34)/t21-/m1/s1. The van der Waals surface area contributed by atoms with Gasteiger partial charge in [0.05, 0.1) is 17.2 Å². The average molecular weight is 603 g/mol. The minimum absolute atomic E-state index is 0.0589. The molecule has 0 bridgehead atoms. The molecular weight excluding hydrogens is 570 g/mol. The van der Waals surface area contributed by atoms with Crippen molar-refractivity contribution in [2.45, 2.75) is 38.3 Å². The zero-order valence-corrected chi connectivity index (χ0v) is 24.3. The van der Waals surface area contributed by atoms with Gasteiger partial charge in [-0.3, -0.25) is 13.9 Å². The van der Waals surface area contributed by atoms with E-state index in [-0.39, 0.29) is 17.3 Å². The summed E-state index contributed by atoms with van der Waals surface area (Å²) in [6.07, 6.45) is 0. The summed E-state index contributed by atoms with van der Waals surface area (Å²) in [4.78, 5) is 27.8. The van der Waals surface area contributed by atoms with E-state index in [0.717, 1.165) is 19.9 Å². The summed E-state index contributed by atoms with van der Waals surface area (Å²) in [6.45, 7) is 5.43. The third-order valence-electron chi connectivity index (χ3n) is 6.00. The number of benzene rings is 3. The topological polar surface area (TPSA) is 96.0 Å². The van der Waals surface area contributed by atoms with Gasteiger partial charge in [0, 0.05) is 18.1 Å². The highest BCUT2D eigenvalue weighted by Gasteiger charge is 2.32. The quantitative estimate of drug-likeness (QED) is 0.349. The van der Waals surface area contributed by atoms with Gasteiger partial charge in [0.25, 0.3) is 10.0 Å². The molecule has 3 rings (SSSR count). The number of likely N-dealkylation sites (N-methyl/N-ethyl adjacent to an activating group) is 1. The van der Waals surface area contributed by atoms with Crippen molar-refractivity contribution < 1.29 is 22.7 Å². The van der Waals surface area contributed by atoms with Crippen LogP contribution in [0.15, 0.2) is 82.2 Å². The summed E-state index contributed by atoms with van der Waals surface area (Å²) in [6, 6.07) is 19.5. The number of sulfonamides is 1. The van der Waals surface area contributed by atoms with E-state index < -0.39 is 28.5 Å². The summed E-state index contributed by atoms with van der Waals surface area (Å²) >= 11 is 3.40. The highest BCUT2D eigenvalue weighted by atomic mass is 79.9. The molecule has 1 atom stereocenters. The maximum atomic E-state index is 13.8. The third kappa shape index (κ3) is 7.14. The zero-order valence-electron chi connectivity index (χ0n) is 21.8. The molecule has 0 fully saturated rings. The Morgan fingerprint density at radius 2 is 1.58 bits per heavy atom. The van der Waals surface area contributed by atoms with Crippen LogP contribution >= 0.6 is 15.9 Å². The van der Waals surface area contributed by atoms with Crippen LogP contribution in [0, 0.1) is 6.92 Å². The maximum Gasteiger partial charge on any atom is 0.264 e. The summed E-state index contributed by atoms with van der Waals surface area (Å²) < 4.78 is 35.1. The van der Waals surface area contributed by atoms with Crippen molar-refractivity contribution in [2.24, 2.45) is 0 Å². The van der Waals surface area contributed by atoms with Crippen molar-refractivity contribution in [1.29, 1.82) is 0 Å². The van der Waals surface area contributed by atoms with Crippen molar-refractivity contribution >= 4 is 43.5 Å². The van der Waals surface area contributed by atoms with Crippen molar-refractivity contribution in [3.05, 3.63) is 88.4 Å². The molecule has 0 spiro atoms. The van der Waals surface area contributed by atoms with Gasteiger partial charge in [-0.05, 0) is 74.9 Å². The largest absolute Gasteiger partial charge is 0.494 e. The first kappa shape index (κ1) is 29.2. The van der Waals surface area contributed by atoms with Gasteiger partial charge in [0.1, 0.15) is 18.3 Å². The Balaban J connectivity index is 2.02. The number of aryl methyl sites for hydroxylation is 1. The van der Waals surface area contributed by atoms with Gasteiger partial charge in [-0.25, -0.2) is 8.42 Å². The summed E-state index contributed by atoms with van der Waals surface area (Å²) in [7, 11) is -2.62. The molecule has 0 aromatic heterocycles. The molecule has 10 heteroatoms. The predicted molar refractivity (Wildman–Crippen MR) is 152 cm³/mol. The fourth-order valence-corrected chi connectivity index (χ4v) is 5.50. The average Bonchev–Trinajstić information content (AvgIpc) is 2.91. The fourth-order valence-electron chi connectivity index (χ4n) is 3.82. The van der Waals surface area contributed by atoms with E-state index >= 15 is 0 Å². The Bertz CT molecular complexity index is 1340. The Labute approximate surface area is 232 Å². The second-order valence-corrected chi connectivity index (χ2v) is 11.5. The van der Waals surface area contributed by atoms with Gasteiger partial charge in [-0.1, -0.05) is 45.8 Å². The number of carbonyl (C=O) groups is 2. The Kier molecular flexibility index (Phi) is 9.93. The first-order valence-electron chi connectivity index (χ1n) is 12.1. The maximum absolute atomic E-state index is 13.8. The van der Waals surface area contributed by atoms with Crippen molar-refractivity contribution in [2.75, 3.05) is 24.5 Å². The minimum Gasteiger partial charge on any atom is -0.494 e. The molecule has 0 heterocycles. The van der Waals surface area contributed by atoms with E-state index in [0.29, 0.717) is 18.0 Å². The van der Waals surface area contributed by atoms with Crippen LogP contribution < -0.4 is 14.4 Å². The number of hydrogen-bond donors (Lipinski definition) is 1. The van der Waals surface area contributed by atoms with E-state index in [9.17, 15) is 18.0 Å². The zero-order chi connectivity index (χ0) is 27.9. The fraction of sp³-hybridized carbons (Fsp3) is 0.286.